The standard InChI is InChI=1S/C17H10Cl2F3NO2S/c18-11-8-6-10(7-9-11)14-15(13(19)16(23-14)17(20,21)22)26(24,25)12-4-2-1-3-5-12/h1-9,23H. The van der Waals surface area contributed by atoms with Gasteiger partial charge in [0.1, 0.15) is 10.6 Å². The summed E-state index contributed by atoms with van der Waals surface area (Å²) in [6.45, 7) is 0. The molecule has 0 saturated carbocycles. The lowest BCUT2D eigenvalue weighted by molar-refractivity contribution is -0.140. The fourth-order valence-electron chi connectivity index (χ4n) is 2.44. The summed E-state index contributed by atoms with van der Waals surface area (Å²) in [5, 5.41) is -0.541. The van der Waals surface area contributed by atoms with Crippen LogP contribution in [-0.2, 0) is 16.0 Å². The third kappa shape index (κ3) is 3.34. The van der Waals surface area contributed by atoms with E-state index in [0.717, 1.165) is 0 Å². The van der Waals surface area contributed by atoms with Crippen molar-refractivity contribution in [3.05, 3.63) is 70.3 Å². The van der Waals surface area contributed by atoms with Gasteiger partial charge < -0.3 is 4.98 Å². The van der Waals surface area contributed by atoms with Crippen LogP contribution in [0.3, 0.4) is 0 Å². The third-order valence-corrected chi connectivity index (χ3v) is 6.21. The largest absolute Gasteiger partial charge is 0.432 e. The van der Waals surface area contributed by atoms with Crippen molar-refractivity contribution in [3.63, 3.8) is 0 Å². The first-order valence-corrected chi connectivity index (χ1v) is 9.41. The molecule has 2 aromatic carbocycles. The molecule has 0 atom stereocenters. The van der Waals surface area contributed by atoms with Gasteiger partial charge in [0.15, 0.2) is 0 Å². The summed E-state index contributed by atoms with van der Waals surface area (Å²) in [5.74, 6) is 0. The lowest BCUT2D eigenvalue weighted by Crippen LogP contribution is -2.06. The van der Waals surface area contributed by atoms with Gasteiger partial charge in [0.05, 0.1) is 15.6 Å². The number of halogens is 5. The van der Waals surface area contributed by atoms with Crippen LogP contribution in [0.4, 0.5) is 13.2 Å². The summed E-state index contributed by atoms with van der Waals surface area (Å²) in [6.07, 6.45) is -4.84. The van der Waals surface area contributed by atoms with Gasteiger partial charge in [-0.1, -0.05) is 53.5 Å². The fourth-order valence-corrected chi connectivity index (χ4v) is 4.65. The second-order valence-electron chi connectivity index (χ2n) is 5.34. The van der Waals surface area contributed by atoms with Gasteiger partial charge in [-0.2, -0.15) is 13.2 Å². The van der Waals surface area contributed by atoms with Crippen molar-refractivity contribution < 1.29 is 21.6 Å². The topological polar surface area (TPSA) is 49.9 Å². The van der Waals surface area contributed by atoms with Gasteiger partial charge in [0, 0.05) is 5.02 Å². The molecule has 3 rings (SSSR count). The maximum Gasteiger partial charge on any atom is 0.432 e. The van der Waals surface area contributed by atoms with Crippen molar-refractivity contribution in [2.75, 3.05) is 0 Å². The Morgan fingerprint density at radius 2 is 1.46 bits per heavy atom. The number of nitrogens with one attached hydrogen (secondary N) is 1. The molecule has 0 amide bonds. The van der Waals surface area contributed by atoms with Crippen molar-refractivity contribution >= 4 is 33.0 Å². The molecule has 0 aliphatic rings. The third-order valence-electron chi connectivity index (χ3n) is 3.63. The van der Waals surface area contributed by atoms with Crippen LogP contribution in [0.2, 0.25) is 10.0 Å². The number of hydrogen-bond acceptors (Lipinski definition) is 2. The van der Waals surface area contributed by atoms with Crippen LogP contribution in [0.5, 0.6) is 0 Å². The first kappa shape index (κ1) is 18.8. The molecule has 1 N–H and O–H groups in total. The molecule has 0 unspecified atom stereocenters. The lowest BCUT2D eigenvalue weighted by Gasteiger charge is -2.07. The zero-order valence-corrected chi connectivity index (χ0v) is 15.1. The monoisotopic (exact) mass is 419 g/mol. The summed E-state index contributed by atoms with van der Waals surface area (Å²) in [4.78, 5) is 1.34. The highest BCUT2D eigenvalue weighted by Gasteiger charge is 2.41. The molecule has 0 radical (unpaired) electrons. The Kier molecular flexibility index (Phi) is 4.81. The average molecular weight is 420 g/mol. The molecular weight excluding hydrogens is 410 g/mol. The molecule has 0 aliphatic heterocycles. The Hall–Kier alpha value is -1.96. The smallest absolute Gasteiger partial charge is 0.349 e. The van der Waals surface area contributed by atoms with E-state index in [-0.39, 0.29) is 16.2 Å². The van der Waals surface area contributed by atoms with Gasteiger partial charge in [-0.05, 0) is 29.8 Å². The van der Waals surface area contributed by atoms with Crippen LogP contribution in [0, 0.1) is 0 Å². The van der Waals surface area contributed by atoms with E-state index in [1.165, 1.54) is 48.5 Å². The average Bonchev–Trinajstić information content (AvgIpc) is 2.94. The SMILES string of the molecule is O=S(=O)(c1ccccc1)c1c(-c2ccc(Cl)cc2)[nH]c(C(F)(F)F)c1Cl. The lowest BCUT2D eigenvalue weighted by atomic mass is 10.1. The van der Waals surface area contributed by atoms with Gasteiger partial charge in [-0.25, -0.2) is 8.42 Å². The van der Waals surface area contributed by atoms with Crippen molar-refractivity contribution in [2.24, 2.45) is 0 Å². The van der Waals surface area contributed by atoms with Crippen LogP contribution in [0.25, 0.3) is 11.3 Å². The molecule has 9 heteroatoms. The second kappa shape index (κ2) is 6.64. The van der Waals surface area contributed by atoms with E-state index in [0.29, 0.717) is 5.02 Å². The van der Waals surface area contributed by atoms with Crippen molar-refractivity contribution in [2.45, 2.75) is 16.0 Å². The molecule has 3 nitrogen and oxygen atoms in total. The highest BCUT2D eigenvalue weighted by molar-refractivity contribution is 7.91. The van der Waals surface area contributed by atoms with E-state index in [9.17, 15) is 21.6 Å². The molecule has 0 fully saturated rings. The number of hydrogen-bond donors (Lipinski definition) is 1. The van der Waals surface area contributed by atoms with Crippen LogP contribution in [0.15, 0.2) is 64.4 Å². The first-order chi connectivity index (χ1) is 12.1. The highest BCUT2D eigenvalue weighted by Crippen LogP contribution is 2.44. The fraction of sp³-hybridized carbons (Fsp3) is 0.0588. The van der Waals surface area contributed by atoms with E-state index < -0.39 is 31.6 Å². The van der Waals surface area contributed by atoms with Crippen LogP contribution < -0.4 is 0 Å². The van der Waals surface area contributed by atoms with E-state index in [1.807, 2.05) is 0 Å². The van der Waals surface area contributed by atoms with Gasteiger partial charge in [-0.3, -0.25) is 0 Å². The predicted octanol–water partition coefficient (Wildman–Crippen LogP) is 5.84. The normalized spacial score (nSPS) is 12.3. The van der Waals surface area contributed by atoms with Crippen molar-refractivity contribution in [1.29, 1.82) is 0 Å². The number of rotatable bonds is 3. The van der Waals surface area contributed by atoms with Gasteiger partial charge in [0.2, 0.25) is 9.84 Å². The molecule has 0 aliphatic carbocycles. The zero-order valence-electron chi connectivity index (χ0n) is 12.8. The van der Waals surface area contributed by atoms with E-state index in [2.05, 4.69) is 4.98 Å². The Morgan fingerprint density at radius 3 is 2.00 bits per heavy atom. The molecule has 1 aromatic heterocycles. The molecular formula is C17H10Cl2F3NO2S. The van der Waals surface area contributed by atoms with Gasteiger partial charge in [-0.15, -0.1) is 0 Å². The molecule has 0 saturated heterocycles. The molecule has 1 heterocycles. The van der Waals surface area contributed by atoms with E-state index >= 15 is 0 Å². The van der Waals surface area contributed by atoms with Crippen LogP contribution in [-0.4, -0.2) is 13.4 Å². The van der Waals surface area contributed by atoms with Gasteiger partial charge in [0.25, 0.3) is 0 Å². The molecule has 26 heavy (non-hydrogen) atoms. The molecule has 136 valence electrons. The number of aromatic amines is 1. The minimum atomic E-state index is -4.84. The predicted molar refractivity (Wildman–Crippen MR) is 93.1 cm³/mol. The Balaban J connectivity index is 2.33. The summed E-state index contributed by atoms with van der Waals surface area (Å²) in [5.41, 5.74) is -1.36. The molecule has 0 spiro atoms. The number of aromatic nitrogens is 1. The number of benzene rings is 2. The summed E-state index contributed by atoms with van der Waals surface area (Å²) >= 11 is 11.7. The second-order valence-corrected chi connectivity index (χ2v) is 8.04. The first-order valence-electron chi connectivity index (χ1n) is 7.17. The maximum atomic E-state index is 13.3. The van der Waals surface area contributed by atoms with Crippen molar-refractivity contribution in [3.8, 4) is 11.3 Å². The molecule has 3 aromatic rings. The Labute approximate surface area is 157 Å². The highest BCUT2D eigenvalue weighted by atomic mass is 35.5. The Morgan fingerprint density at radius 1 is 0.885 bits per heavy atom. The summed E-state index contributed by atoms with van der Waals surface area (Å²) in [7, 11) is -4.29. The summed E-state index contributed by atoms with van der Waals surface area (Å²) in [6, 6.07) is 12.8. The van der Waals surface area contributed by atoms with E-state index in [4.69, 9.17) is 23.2 Å². The number of H-pyrrole nitrogens is 1. The Bertz CT molecular complexity index is 1040. The van der Waals surface area contributed by atoms with E-state index in [1.54, 1.807) is 6.07 Å². The van der Waals surface area contributed by atoms with Gasteiger partial charge >= 0.3 is 6.18 Å². The minimum absolute atomic E-state index is 0.162. The minimum Gasteiger partial charge on any atom is -0.349 e. The van der Waals surface area contributed by atoms with Crippen LogP contribution in [0.1, 0.15) is 5.69 Å². The van der Waals surface area contributed by atoms with Crippen molar-refractivity contribution in [1.82, 2.24) is 4.98 Å². The quantitative estimate of drug-likeness (QED) is 0.579. The maximum absolute atomic E-state index is 13.3. The number of sulfone groups is 1. The summed E-state index contributed by atoms with van der Waals surface area (Å²) < 4.78 is 65.8. The van der Waals surface area contributed by atoms with Crippen LogP contribution >= 0.6 is 23.2 Å². The number of alkyl halides is 3. The zero-order chi connectivity index (χ0) is 19.1. The molecule has 0 bridgehead atoms.